The molecule has 0 aliphatic carbocycles. The van der Waals surface area contributed by atoms with Gasteiger partial charge in [-0.2, -0.15) is 4.39 Å². The highest BCUT2D eigenvalue weighted by molar-refractivity contribution is 7.10. The topological polar surface area (TPSA) is 63.4 Å². The lowest BCUT2D eigenvalue weighted by atomic mass is 9.97. The lowest BCUT2D eigenvalue weighted by Crippen LogP contribution is -2.39. The Hall–Kier alpha value is -2.58. The number of carbonyl (C=O) groups is 1. The number of nitro groups is 1. The van der Waals surface area contributed by atoms with Gasteiger partial charge in [0.1, 0.15) is 0 Å². The maximum atomic E-state index is 13.6. The van der Waals surface area contributed by atoms with Crippen molar-refractivity contribution in [3.63, 3.8) is 0 Å². The predicted octanol–water partition coefficient (Wildman–Crippen LogP) is 4.64. The van der Waals surface area contributed by atoms with Crippen LogP contribution in [0.15, 0.2) is 47.2 Å². The molecule has 4 rings (SSSR count). The summed E-state index contributed by atoms with van der Waals surface area (Å²) in [5.41, 5.74) is 0.531. The van der Waals surface area contributed by atoms with Gasteiger partial charge in [-0.25, -0.2) is 0 Å². The van der Waals surface area contributed by atoms with E-state index in [4.69, 9.17) is 0 Å². The average molecular weight is 388 g/mol. The fourth-order valence-electron chi connectivity index (χ4n) is 3.24. The van der Waals surface area contributed by atoms with Crippen LogP contribution >= 0.6 is 22.7 Å². The third-order valence-electron chi connectivity index (χ3n) is 4.43. The number of nitro benzene ring substituents is 1. The molecule has 0 saturated heterocycles. The zero-order valence-electron chi connectivity index (χ0n) is 13.4. The molecule has 0 unspecified atom stereocenters. The molecule has 3 heterocycles. The number of carbonyl (C=O) groups excluding carboxylic acids is 1. The first-order valence-electron chi connectivity index (χ1n) is 7.91. The smallest absolute Gasteiger partial charge is 0.305 e. The van der Waals surface area contributed by atoms with Gasteiger partial charge in [-0.05, 0) is 47.0 Å². The van der Waals surface area contributed by atoms with Crippen LogP contribution in [0.2, 0.25) is 0 Å². The van der Waals surface area contributed by atoms with Crippen LogP contribution in [0.3, 0.4) is 0 Å². The third kappa shape index (κ3) is 2.81. The second-order valence-electron chi connectivity index (χ2n) is 5.89. The summed E-state index contributed by atoms with van der Waals surface area (Å²) in [7, 11) is 0. The monoisotopic (exact) mass is 388 g/mol. The Morgan fingerprint density at radius 2 is 2.08 bits per heavy atom. The lowest BCUT2D eigenvalue weighted by Gasteiger charge is -2.35. The van der Waals surface area contributed by atoms with Crippen molar-refractivity contribution < 1.29 is 14.1 Å². The number of rotatable bonds is 3. The van der Waals surface area contributed by atoms with E-state index < -0.39 is 16.4 Å². The number of benzene rings is 1. The van der Waals surface area contributed by atoms with Crippen LogP contribution in [0.1, 0.15) is 31.7 Å². The molecule has 0 spiro atoms. The molecule has 2 aromatic heterocycles. The molecular formula is C18H13FN2O3S2. The van der Waals surface area contributed by atoms with Crippen LogP contribution in [0.4, 0.5) is 10.1 Å². The maximum Gasteiger partial charge on any atom is 0.305 e. The Kier molecular flexibility index (Phi) is 4.29. The van der Waals surface area contributed by atoms with E-state index in [-0.39, 0.29) is 17.5 Å². The van der Waals surface area contributed by atoms with E-state index >= 15 is 0 Å². The minimum atomic E-state index is -0.944. The minimum Gasteiger partial charge on any atom is -0.326 e. The molecule has 5 nitrogen and oxygen atoms in total. The second-order valence-corrected chi connectivity index (χ2v) is 7.87. The van der Waals surface area contributed by atoms with Gasteiger partial charge in [0, 0.05) is 27.9 Å². The molecule has 3 aromatic rings. The number of amides is 1. The summed E-state index contributed by atoms with van der Waals surface area (Å²) in [6, 6.07) is 9.02. The van der Waals surface area contributed by atoms with Crippen molar-refractivity contribution in [2.75, 3.05) is 6.54 Å². The SMILES string of the molecule is O=C(c1ccc(F)c([N+](=O)[O-])c1)N1CCc2sccc2[C@@H]1c1cccs1. The first-order chi connectivity index (χ1) is 12.6. The molecule has 0 N–H and O–H groups in total. The molecule has 0 bridgehead atoms. The summed E-state index contributed by atoms with van der Waals surface area (Å²) in [6.45, 7) is 0.514. The molecule has 0 fully saturated rings. The Morgan fingerprint density at radius 3 is 2.81 bits per heavy atom. The molecule has 8 heteroatoms. The van der Waals surface area contributed by atoms with E-state index in [1.807, 2.05) is 29.0 Å². The average Bonchev–Trinajstić information content (AvgIpc) is 3.32. The molecule has 0 saturated carbocycles. The molecule has 132 valence electrons. The molecule has 1 amide bonds. The highest BCUT2D eigenvalue weighted by Crippen LogP contribution is 2.40. The van der Waals surface area contributed by atoms with Crippen LogP contribution in [0, 0.1) is 15.9 Å². The van der Waals surface area contributed by atoms with E-state index in [2.05, 4.69) is 0 Å². The Bertz CT molecular complexity index is 984. The van der Waals surface area contributed by atoms with Crippen LogP contribution in [0.5, 0.6) is 0 Å². The van der Waals surface area contributed by atoms with E-state index in [9.17, 15) is 19.3 Å². The zero-order valence-corrected chi connectivity index (χ0v) is 15.1. The normalized spacial score (nSPS) is 16.3. The predicted molar refractivity (Wildman–Crippen MR) is 98.3 cm³/mol. The highest BCUT2D eigenvalue weighted by Gasteiger charge is 2.34. The highest BCUT2D eigenvalue weighted by atomic mass is 32.1. The van der Waals surface area contributed by atoms with Gasteiger partial charge in [-0.1, -0.05) is 6.07 Å². The Morgan fingerprint density at radius 1 is 1.23 bits per heavy atom. The summed E-state index contributed by atoms with van der Waals surface area (Å²) in [4.78, 5) is 27.3. The molecule has 26 heavy (non-hydrogen) atoms. The second kappa shape index (κ2) is 6.62. The molecule has 1 aliphatic heterocycles. The van der Waals surface area contributed by atoms with Crippen LogP contribution in [0.25, 0.3) is 0 Å². The van der Waals surface area contributed by atoms with Crippen LogP contribution in [-0.2, 0) is 6.42 Å². The van der Waals surface area contributed by atoms with Crippen molar-refractivity contribution in [2.24, 2.45) is 0 Å². The van der Waals surface area contributed by atoms with Gasteiger partial charge in [0.25, 0.3) is 5.91 Å². The summed E-state index contributed by atoms with van der Waals surface area (Å²) in [5.74, 6) is -1.27. The number of thiophene rings is 2. The molecule has 1 atom stereocenters. The van der Waals surface area contributed by atoms with Crippen molar-refractivity contribution in [1.82, 2.24) is 4.90 Å². The van der Waals surface area contributed by atoms with Crippen LogP contribution < -0.4 is 0 Å². The van der Waals surface area contributed by atoms with Crippen LogP contribution in [-0.4, -0.2) is 22.3 Å². The number of hydrogen-bond acceptors (Lipinski definition) is 5. The van der Waals surface area contributed by atoms with Crippen molar-refractivity contribution in [3.05, 3.63) is 84.0 Å². The van der Waals surface area contributed by atoms with E-state index in [1.54, 1.807) is 27.6 Å². The van der Waals surface area contributed by atoms with Crippen molar-refractivity contribution >= 4 is 34.3 Å². The van der Waals surface area contributed by atoms with Crippen molar-refractivity contribution in [1.29, 1.82) is 0 Å². The quantitative estimate of drug-likeness (QED) is 0.485. The van der Waals surface area contributed by atoms with Gasteiger partial charge in [0.2, 0.25) is 5.82 Å². The van der Waals surface area contributed by atoms with Crippen molar-refractivity contribution in [2.45, 2.75) is 12.5 Å². The summed E-state index contributed by atoms with van der Waals surface area (Å²) >= 11 is 3.24. The van der Waals surface area contributed by atoms with Gasteiger partial charge >= 0.3 is 5.69 Å². The number of hydrogen-bond donors (Lipinski definition) is 0. The van der Waals surface area contributed by atoms with Gasteiger partial charge < -0.3 is 4.90 Å². The largest absolute Gasteiger partial charge is 0.326 e. The van der Waals surface area contributed by atoms with Gasteiger partial charge in [0.05, 0.1) is 11.0 Å². The minimum absolute atomic E-state index is 0.123. The van der Waals surface area contributed by atoms with E-state index in [0.29, 0.717) is 6.54 Å². The summed E-state index contributed by atoms with van der Waals surface area (Å²) in [5, 5.41) is 15.0. The Labute approximate surface area is 156 Å². The van der Waals surface area contributed by atoms with E-state index in [1.165, 1.54) is 10.9 Å². The number of halogens is 1. The fourth-order valence-corrected chi connectivity index (χ4v) is 5.00. The lowest BCUT2D eigenvalue weighted by molar-refractivity contribution is -0.387. The molecular weight excluding hydrogens is 375 g/mol. The van der Waals surface area contributed by atoms with Crippen molar-refractivity contribution in [3.8, 4) is 0 Å². The third-order valence-corrected chi connectivity index (χ3v) is 6.35. The van der Waals surface area contributed by atoms with Gasteiger partial charge in [-0.15, -0.1) is 22.7 Å². The first kappa shape index (κ1) is 16.9. The molecule has 0 radical (unpaired) electrons. The Balaban J connectivity index is 1.76. The van der Waals surface area contributed by atoms with Gasteiger partial charge in [0.15, 0.2) is 0 Å². The maximum absolute atomic E-state index is 13.6. The summed E-state index contributed by atoms with van der Waals surface area (Å²) in [6.07, 6.45) is 0.740. The fraction of sp³-hybridized carbons (Fsp3) is 0.167. The molecule has 1 aliphatic rings. The number of fused-ring (bicyclic) bond motifs is 1. The van der Waals surface area contributed by atoms with E-state index in [0.717, 1.165) is 29.0 Å². The summed E-state index contributed by atoms with van der Waals surface area (Å²) < 4.78 is 13.6. The standard InChI is InChI=1S/C18H13FN2O3S2/c19-13-4-3-11(10-14(13)21(23)24)18(22)20-7-5-15-12(6-9-26-15)17(20)16-2-1-8-25-16/h1-4,6,8-10,17H,5,7H2/t17-/m1/s1. The molecule has 1 aromatic carbocycles. The number of nitrogens with zero attached hydrogens (tertiary/aromatic N) is 2. The van der Waals surface area contributed by atoms with Gasteiger partial charge in [-0.3, -0.25) is 14.9 Å². The first-order valence-corrected chi connectivity index (χ1v) is 9.67. The zero-order chi connectivity index (χ0) is 18.3.